The van der Waals surface area contributed by atoms with Crippen LogP contribution in [0.15, 0.2) is 36.7 Å². The van der Waals surface area contributed by atoms with Gasteiger partial charge in [0, 0.05) is 18.8 Å². The van der Waals surface area contributed by atoms with Crippen LogP contribution in [0.1, 0.15) is 17.2 Å². The Bertz CT molecular complexity index is 774. The van der Waals surface area contributed by atoms with Crippen LogP contribution in [0.2, 0.25) is 0 Å². The zero-order valence-electron chi connectivity index (χ0n) is 11.1. The number of hydrogen-bond donors (Lipinski definition) is 1. The summed E-state index contributed by atoms with van der Waals surface area (Å²) in [6.45, 7) is 0. The summed E-state index contributed by atoms with van der Waals surface area (Å²) < 4.78 is 1.56. The van der Waals surface area contributed by atoms with Gasteiger partial charge in [-0.25, -0.2) is 9.69 Å². The van der Waals surface area contributed by atoms with Crippen LogP contribution in [-0.2, 0) is 11.8 Å². The van der Waals surface area contributed by atoms with Crippen molar-refractivity contribution in [3.05, 3.63) is 47.8 Å². The van der Waals surface area contributed by atoms with E-state index in [0.29, 0.717) is 16.8 Å². The summed E-state index contributed by atoms with van der Waals surface area (Å²) in [5, 5.41) is 15.5. The number of nitriles is 1. The van der Waals surface area contributed by atoms with Crippen LogP contribution in [0, 0.1) is 11.3 Å². The second-order valence-electron chi connectivity index (χ2n) is 4.67. The lowest BCUT2D eigenvalue weighted by atomic mass is 10.1. The molecule has 1 atom stereocenters. The van der Waals surface area contributed by atoms with Crippen molar-refractivity contribution in [1.82, 2.24) is 15.1 Å². The first kappa shape index (κ1) is 12.9. The number of nitrogens with one attached hydrogen (secondary N) is 1. The van der Waals surface area contributed by atoms with E-state index in [1.54, 1.807) is 36.1 Å². The minimum atomic E-state index is -0.753. The number of hydrogen-bond acceptors (Lipinski definition) is 4. The number of benzene rings is 1. The van der Waals surface area contributed by atoms with E-state index in [2.05, 4.69) is 10.4 Å². The molecule has 0 aliphatic carbocycles. The molecule has 7 nitrogen and oxygen atoms in total. The van der Waals surface area contributed by atoms with Crippen LogP contribution in [0.3, 0.4) is 0 Å². The minimum absolute atomic E-state index is 0.378. The fraction of sp³-hybridized carbons (Fsp3) is 0.143. The normalized spacial score (nSPS) is 17.7. The highest BCUT2D eigenvalue weighted by Crippen LogP contribution is 2.27. The van der Waals surface area contributed by atoms with Crippen molar-refractivity contribution >= 4 is 17.6 Å². The Balaban J connectivity index is 1.95. The van der Waals surface area contributed by atoms with E-state index in [-0.39, 0.29) is 5.91 Å². The second-order valence-corrected chi connectivity index (χ2v) is 4.67. The van der Waals surface area contributed by atoms with Gasteiger partial charge in [-0.2, -0.15) is 10.4 Å². The topological polar surface area (TPSA) is 91.0 Å². The molecular weight excluding hydrogens is 270 g/mol. The van der Waals surface area contributed by atoms with E-state index in [1.165, 1.54) is 12.3 Å². The summed E-state index contributed by atoms with van der Waals surface area (Å²) >= 11 is 0. The first-order chi connectivity index (χ1) is 10.1. The van der Waals surface area contributed by atoms with E-state index in [4.69, 9.17) is 5.26 Å². The molecule has 1 aliphatic rings. The highest BCUT2D eigenvalue weighted by molar-refractivity contribution is 6.21. The van der Waals surface area contributed by atoms with Gasteiger partial charge >= 0.3 is 6.03 Å². The number of amides is 3. The Morgan fingerprint density at radius 3 is 2.86 bits per heavy atom. The second kappa shape index (κ2) is 4.76. The number of urea groups is 1. The van der Waals surface area contributed by atoms with Crippen molar-refractivity contribution in [3.63, 3.8) is 0 Å². The van der Waals surface area contributed by atoms with E-state index < -0.39 is 12.1 Å². The number of aromatic nitrogens is 2. The van der Waals surface area contributed by atoms with Gasteiger partial charge in [0.25, 0.3) is 5.91 Å². The fourth-order valence-electron chi connectivity index (χ4n) is 2.25. The van der Waals surface area contributed by atoms with E-state index in [1.807, 2.05) is 6.07 Å². The Morgan fingerprint density at radius 2 is 2.19 bits per heavy atom. The molecule has 1 aliphatic heterocycles. The van der Waals surface area contributed by atoms with Crippen molar-refractivity contribution in [2.24, 2.45) is 7.05 Å². The third-order valence-corrected chi connectivity index (χ3v) is 3.23. The van der Waals surface area contributed by atoms with E-state index in [0.717, 1.165) is 4.90 Å². The van der Waals surface area contributed by atoms with Crippen molar-refractivity contribution in [2.45, 2.75) is 6.04 Å². The zero-order valence-corrected chi connectivity index (χ0v) is 11.1. The molecule has 1 fully saturated rings. The van der Waals surface area contributed by atoms with Gasteiger partial charge < -0.3 is 5.32 Å². The molecule has 1 saturated heterocycles. The average Bonchev–Trinajstić information content (AvgIpc) is 3.02. The molecule has 2 heterocycles. The van der Waals surface area contributed by atoms with Crippen LogP contribution in [0.5, 0.6) is 0 Å². The third kappa shape index (κ3) is 2.12. The largest absolute Gasteiger partial charge is 0.329 e. The summed E-state index contributed by atoms with van der Waals surface area (Å²) in [7, 11) is 1.74. The standard InChI is InChI=1S/C14H11N5O2/c1-18-8-10(7-16-18)12-13(20)19(14(21)17-12)11-4-2-3-9(5-11)6-15/h2-5,7-8,12H,1H3,(H,17,21). The molecule has 0 bridgehead atoms. The Labute approximate surface area is 120 Å². The van der Waals surface area contributed by atoms with Gasteiger partial charge in [0.05, 0.1) is 23.5 Å². The highest BCUT2D eigenvalue weighted by atomic mass is 16.2. The highest BCUT2D eigenvalue weighted by Gasteiger charge is 2.40. The predicted octanol–water partition coefficient (Wildman–Crippen LogP) is 1.09. The number of aryl methyl sites for hydroxylation is 1. The smallest absolute Gasteiger partial charge is 0.321 e. The molecule has 7 heteroatoms. The average molecular weight is 281 g/mol. The summed E-state index contributed by atoms with van der Waals surface area (Å²) in [5.41, 5.74) is 1.38. The van der Waals surface area contributed by atoms with Gasteiger partial charge in [-0.1, -0.05) is 6.07 Å². The molecular formula is C14H11N5O2. The maximum absolute atomic E-state index is 12.4. The van der Waals surface area contributed by atoms with Crippen LogP contribution >= 0.6 is 0 Å². The first-order valence-electron chi connectivity index (χ1n) is 6.23. The third-order valence-electron chi connectivity index (χ3n) is 3.23. The van der Waals surface area contributed by atoms with Gasteiger partial charge in [0.15, 0.2) is 0 Å². The summed E-state index contributed by atoms with van der Waals surface area (Å²) in [6, 6.07) is 7.08. The Kier molecular flexibility index (Phi) is 2.92. The molecule has 104 valence electrons. The van der Waals surface area contributed by atoms with Crippen molar-refractivity contribution in [1.29, 1.82) is 5.26 Å². The minimum Gasteiger partial charge on any atom is -0.321 e. The monoisotopic (exact) mass is 281 g/mol. The summed E-state index contributed by atoms with van der Waals surface area (Å²) in [6.07, 6.45) is 3.22. The molecule has 2 aromatic rings. The van der Waals surface area contributed by atoms with E-state index >= 15 is 0 Å². The molecule has 1 aromatic heterocycles. The van der Waals surface area contributed by atoms with Gasteiger partial charge in [0.2, 0.25) is 0 Å². The summed E-state index contributed by atoms with van der Waals surface area (Å²) in [5.74, 6) is -0.386. The van der Waals surface area contributed by atoms with Crippen molar-refractivity contribution < 1.29 is 9.59 Å². The maximum Gasteiger partial charge on any atom is 0.329 e. The lowest BCUT2D eigenvalue weighted by Gasteiger charge is -2.12. The molecule has 1 N–H and O–H groups in total. The van der Waals surface area contributed by atoms with Gasteiger partial charge in [-0.05, 0) is 18.2 Å². The molecule has 3 amide bonds. The zero-order chi connectivity index (χ0) is 15.0. The molecule has 1 aromatic carbocycles. The molecule has 0 saturated carbocycles. The molecule has 0 spiro atoms. The fourth-order valence-corrected chi connectivity index (χ4v) is 2.25. The van der Waals surface area contributed by atoms with Crippen LogP contribution < -0.4 is 10.2 Å². The molecule has 3 rings (SSSR count). The van der Waals surface area contributed by atoms with Gasteiger partial charge in [0.1, 0.15) is 6.04 Å². The summed E-state index contributed by atoms with van der Waals surface area (Å²) in [4.78, 5) is 25.5. The van der Waals surface area contributed by atoms with Crippen molar-refractivity contribution in [2.75, 3.05) is 4.90 Å². The lowest BCUT2D eigenvalue weighted by molar-refractivity contribution is -0.118. The SMILES string of the molecule is Cn1cc(C2NC(=O)N(c3cccc(C#N)c3)C2=O)cn1. The number of imide groups is 1. The van der Waals surface area contributed by atoms with E-state index in [9.17, 15) is 9.59 Å². The van der Waals surface area contributed by atoms with Crippen LogP contribution in [0.25, 0.3) is 0 Å². The molecule has 21 heavy (non-hydrogen) atoms. The van der Waals surface area contributed by atoms with Gasteiger partial charge in [-0.15, -0.1) is 0 Å². The number of carbonyl (C=O) groups excluding carboxylic acids is 2. The molecule has 1 unspecified atom stereocenters. The number of rotatable bonds is 2. The number of nitrogens with zero attached hydrogens (tertiary/aromatic N) is 4. The van der Waals surface area contributed by atoms with Gasteiger partial charge in [-0.3, -0.25) is 9.48 Å². The first-order valence-corrected chi connectivity index (χ1v) is 6.23. The van der Waals surface area contributed by atoms with Crippen LogP contribution in [-0.4, -0.2) is 21.7 Å². The van der Waals surface area contributed by atoms with Crippen molar-refractivity contribution in [3.8, 4) is 6.07 Å². The molecule has 0 radical (unpaired) electrons. The Morgan fingerprint density at radius 1 is 1.38 bits per heavy atom. The number of anilines is 1. The quantitative estimate of drug-likeness (QED) is 0.834. The maximum atomic E-state index is 12.4. The predicted molar refractivity (Wildman–Crippen MR) is 73.1 cm³/mol. The lowest BCUT2D eigenvalue weighted by Crippen LogP contribution is -2.30. The number of carbonyl (C=O) groups is 2. The Hall–Kier alpha value is -3.14. The van der Waals surface area contributed by atoms with Crippen LogP contribution in [0.4, 0.5) is 10.5 Å².